The van der Waals surface area contributed by atoms with Crippen molar-refractivity contribution in [2.45, 2.75) is 13.5 Å². The van der Waals surface area contributed by atoms with Gasteiger partial charge < -0.3 is 10.1 Å². The Hall–Kier alpha value is -1.13. The van der Waals surface area contributed by atoms with Crippen molar-refractivity contribution in [3.63, 3.8) is 0 Å². The maximum Gasteiger partial charge on any atom is 0.137 e. The van der Waals surface area contributed by atoms with Crippen molar-refractivity contribution in [2.24, 2.45) is 0 Å². The number of rotatable bonds is 2. The van der Waals surface area contributed by atoms with Crippen LogP contribution >= 0.6 is 15.9 Å². The van der Waals surface area contributed by atoms with E-state index < -0.39 is 0 Å². The molecule has 0 atom stereocenters. The summed E-state index contributed by atoms with van der Waals surface area (Å²) < 4.78 is 1.08. The van der Waals surface area contributed by atoms with Crippen molar-refractivity contribution >= 4 is 15.9 Å². The fraction of sp³-hybridized carbons (Fsp3) is 0.182. The number of nitrogens with zero attached hydrogens (tertiary/aromatic N) is 1. The van der Waals surface area contributed by atoms with Gasteiger partial charge in [0.2, 0.25) is 0 Å². The van der Waals surface area contributed by atoms with Crippen molar-refractivity contribution in [3.05, 3.63) is 40.1 Å². The Bertz CT molecular complexity index is 479. The van der Waals surface area contributed by atoms with Gasteiger partial charge in [0.1, 0.15) is 5.82 Å². The number of imidazole rings is 1. The average Bonchev–Trinajstić information content (AvgIpc) is 2.70. The van der Waals surface area contributed by atoms with Crippen LogP contribution in [0.3, 0.4) is 0 Å². The SMILES string of the molecule is Cc1cc(-c2ncc(CO)[nH]2)ccc1Br. The fourth-order valence-corrected chi connectivity index (χ4v) is 1.62. The van der Waals surface area contributed by atoms with Gasteiger partial charge in [-0.1, -0.05) is 22.0 Å². The van der Waals surface area contributed by atoms with Crippen LogP contribution in [0.2, 0.25) is 0 Å². The number of H-pyrrole nitrogens is 1. The average molecular weight is 267 g/mol. The number of nitrogens with one attached hydrogen (secondary N) is 1. The molecule has 4 heteroatoms. The number of aryl methyl sites for hydroxylation is 1. The molecule has 0 aliphatic heterocycles. The van der Waals surface area contributed by atoms with E-state index in [9.17, 15) is 0 Å². The Morgan fingerprint density at radius 2 is 2.27 bits per heavy atom. The molecule has 0 bridgehead atoms. The molecule has 78 valence electrons. The van der Waals surface area contributed by atoms with Gasteiger partial charge in [0.05, 0.1) is 18.5 Å². The normalized spacial score (nSPS) is 10.6. The molecule has 0 saturated carbocycles. The minimum Gasteiger partial charge on any atom is -0.390 e. The lowest BCUT2D eigenvalue weighted by Gasteiger charge is -2.01. The molecule has 0 saturated heterocycles. The van der Waals surface area contributed by atoms with Gasteiger partial charge in [0.15, 0.2) is 0 Å². The van der Waals surface area contributed by atoms with Crippen LogP contribution in [-0.4, -0.2) is 15.1 Å². The van der Waals surface area contributed by atoms with Crippen LogP contribution < -0.4 is 0 Å². The first kappa shape index (κ1) is 10.4. The number of aromatic amines is 1. The van der Waals surface area contributed by atoms with Gasteiger partial charge in [-0.3, -0.25) is 0 Å². The lowest BCUT2D eigenvalue weighted by Crippen LogP contribution is -1.85. The molecular weight excluding hydrogens is 256 g/mol. The summed E-state index contributed by atoms with van der Waals surface area (Å²) in [5, 5.41) is 8.92. The Kier molecular flexibility index (Phi) is 2.88. The molecule has 15 heavy (non-hydrogen) atoms. The van der Waals surface area contributed by atoms with Gasteiger partial charge in [-0.05, 0) is 24.6 Å². The van der Waals surface area contributed by atoms with E-state index in [4.69, 9.17) is 5.11 Å². The molecule has 0 fully saturated rings. The van der Waals surface area contributed by atoms with Crippen LogP contribution in [0.1, 0.15) is 11.3 Å². The topological polar surface area (TPSA) is 48.9 Å². The summed E-state index contributed by atoms with van der Waals surface area (Å²) >= 11 is 3.45. The van der Waals surface area contributed by atoms with Crippen LogP contribution in [0.25, 0.3) is 11.4 Å². The lowest BCUT2D eigenvalue weighted by molar-refractivity contribution is 0.277. The molecule has 1 aromatic heterocycles. The summed E-state index contributed by atoms with van der Waals surface area (Å²) in [7, 11) is 0. The number of benzene rings is 1. The highest BCUT2D eigenvalue weighted by atomic mass is 79.9. The van der Waals surface area contributed by atoms with Crippen LogP contribution in [0.15, 0.2) is 28.9 Å². The Balaban J connectivity index is 2.40. The van der Waals surface area contributed by atoms with Gasteiger partial charge in [-0.15, -0.1) is 0 Å². The van der Waals surface area contributed by atoms with Gasteiger partial charge in [0, 0.05) is 10.0 Å². The first-order valence-electron chi connectivity index (χ1n) is 4.62. The first-order valence-corrected chi connectivity index (χ1v) is 5.41. The first-order chi connectivity index (χ1) is 7.20. The van der Waals surface area contributed by atoms with E-state index in [2.05, 4.69) is 25.9 Å². The molecule has 2 N–H and O–H groups in total. The number of hydrogen-bond donors (Lipinski definition) is 2. The second-order valence-electron chi connectivity index (χ2n) is 3.38. The van der Waals surface area contributed by atoms with E-state index in [-0.39, 0.29) is 6.61 Å². The summed E-state index contributed by atoms with van der Waals surface area (Å²) in [6.45, 7) is 2.02. The van der Waals surface area contributed by atoms with E-state index in [1.807, 2.05) is 25.1 Å². The molecule has 0 unspecified atom stereocenters. The molecule has 2 rings (SSSR count). The molecule has 3 nitrogen and oxygen atoms in total. The van der Waals surface area contributed by atoms with Crippen molar-refractivity contribution < 1.29 is 5.11 Å². The molecule has 0 aliphatic rings. The van der Waals surface area contributed by atoms with Gasteiger partial charge in [-0.2, -0.15) is 0 Å². The van der Waals surface area contributed by atoms with Crippen molar-refractivity contribution in [1.29, 1.82) is 0 Å². The second-order valence-corrected chi connectivity index (χ2v) is 4.23. The fourth-order valence-electron chi connectivity index (χ4n) is 1.38. The number of aliphatic hydroxyl groups excluding tert-OH is 1. The minimum atomic E-state index is -0.0114. The van der Waals surface area contributed by atoms with E-state index >= 15 is 0 Å². The molecule has 0 amide bonds. The molecule has 0 aliphatic carbocycles. The summed E-state index contributed by atoms with van der Waals surface area (Å²) in [6.07, 6.45) is 1.65. The molecular formula is C11H11BrN2O. The summed E-state index contributed by atoms with van der Waals surface area (Å²) in [5.41, 5.74) is 2.91. The maximum atomic E-state index is 8.92. The molecule has 0 radical (unpaired) electrons. The van der Waals surface area contributed by atoms with Crippen molar-refractivity contribution in [3.8, 4) is 11.4 Å². The zero-order valence-electron chi connectivity index (χ0n) is 8.29. The Morgan fingerprint density at radius 1 is 1.47 bits per heavy atom. The number of hydrogen-bond acceptors (Lipinski definition) is 2. The van der Waals surface area contributed by atoms with Gasteiger partial charge in [0.25, 0.3) is 0 Å². The molecule has 1 aromatic carbocycles. The number of aliphatic hydroxyl groups is 1. The van der Waals surface area contributed by atoms with E-state index in [0.29, 0.717) is 0 Å². The van der Waals surface area contributed by atoms with Gasteiger partial charge in [-0.25, -0.2) is 4.98 Å². The van der Waals surface area contributed by atoms with E-state index in [1.54, 1.807) is 6.20 Å². The number of halogens is 1. The second kappa shape index (κ2) is 4.16. The standard InChI is InChI=1S/C11H11BrN2O/c1-7-4-8(2-3-10(7)12)11-13-5-9(6-15)14-11/h2-5,15H,6H2,1H3,(H,13,14). The predicted molar refractivity (Wildman–Crippen MR) is 62.4 cm³/mol. The highest BCUT2D eigenvalue weighted by Gasteiger charge is 2.04. The van der Waals surface area contributed by atoms with Crippen LogP contribution in [-0.2, 0) is 6.61 Å². The summed E-state index contributed by atoms with van der Waals surface area (Å²) in [4.78, 5) is 7.25. The monoisotopic (exact) mass is 266 g/mol. The van der Waals surface area contributed by atoms with Crippen LogP contribution in [0.4, 0.5) is 0 Å². The maximum absolute atomic E-state index is 8.92. The third-order valence-electron chi connectivity index (χ3n) is 2.23. The highest BCUT2D eigenvalue weighted by molar-refractivity contribution is 9.10. The summed E-state index contributed by atoms with van der Waals surface area (Å²) in [5.74, 6) is 0.787. The zero-order chi connectivity index (χ0) is 10.8. The predicted octanol–water partition coefficient (Wildman–Crippen LogP) is 2.64. The highest BCUT2D eigenvalue weighted by Crippen LogP contribution is 2.22. The Morgan fingerprint density at radius 3 is 2.87 bits per heavy atom. The number of aromatic nitrogens is 2. The zero-order valence-corrected chi connectivity index (χ0v) is 9.87. The van der Waals surface area contributed by atoms with Crippen molar-refractivity contribution in [1.82, 2.24) is 9.97 Å². The van der Waals surface area contributed by atoms with Gasteiger partial charge >= 0.3 is 0 Å². The molecule has 1 heterocycles. The van der Waals surface area contributed by atoms with E-state index in [0.717, 1.165) is 27.1 Å². The minimum absolute atomic E-state index is 0.0114. The lowest BCUT2D eigenvalue weighted by atomic mass is 10.1. The third kappa shape index (κ3) is 2.11. The third-order valence-corrected chi connectivity index (χ3v) is 3.12. The Labute approximate surface area is 96.3 Å². The smallest absolute Gasteiger partial charge is 0.137 e. The van der Waals surface area contributed by atoms with E-state index in [1.165, 1.54) is 0 Å². The van der Waals surface area contributed by atoms with Crippen LogP contribution in [0.5, 0.6) is 0 Å². The van der Waals surface area contributed by atoms with Crippen LogP contribution in [0, 0.1) is 6.92 Å². The van der Waals surface area contributed by atoms with Crippen molar-refractivity contribution in [2.75, 3.05) is 0 Å². The quantitative estimate of drug-likeness (QED) is 0.878. The molecule has 2 aromatic rings. The largest absolute Gasteiger partial charge is 0.390 e. The molecule has 0 spiro atoms. The summed E-state index contributed by atoms with van der Waals surface area (Å²) in [6, 6.07) is 6.02.